The second-order valence-corrected chi connectivity index (χ2v) is 5.19. The van der Waals surface area contributed by atoms with Crippen LogP contribution in [-0.2, 0) is 19.1 Å². The number of nitrogens with zero attached hydrogens (tertiary/aromatic N) is 1. The number of ether oxygens (including phenoxy) is 1. The van der Waals surface area contributed by atoms with Crippen molar-refractivity contribution in [3.8, 4) is 0 Å². The second-order valence-electron chi connectivity index (χ2n) is 5.19. The normalized spacial score (nSPS) is 19.4. The number of aliphatic carboxylic acids is 1. The Kier molecular flexibility index (Phi) is 7.10. The molecule has 0 radical (unpaired) electrons. The second kappa shape index (κ2) is 8.58. The van der Waals surface area contributed by atoms with Crippen LogP contribution >= 0.6 is 0 Å². The molecule has 0 aromatic carbocycles. The molecular formula is C13H23N3O5. The Bertz CT molecular complexity index is 386. The van der Waals surface area contributed by atoms with Gasteiger partial charge in [-0.15, -0.1) is 0 Å². The maximum Gasteiger partial charge on any atom is 0.322 e. The van der Waals surface area contributed by atoms with Crippen LogP contribution < -0.4 is 10.6 Å². The third kappa shape index (κ3) is 6.54. The molecule has 1 saturated heterocycles. The van der Waals surface area contributed by atoms with E-state index in [1.54, 1.807) is 0 Å². The number of carboxylic acid groups (broad SMARTS) is 1. The topological polar surface area (TPSA) is 108 Å². The largest absolute Gasteiger partial charge is 0.480 e. The lowest BCUT2D eigenvalue weighted by molar-refractivity contribution is -0.146. The third-order valence-electron chi connectivity index (χ3n) is 3.01. The first-order chi connectivity index (χ1) is 9.90. The van der Waals surface area contributed by atoms with Crippen molar-refractivity contribution in [2.75, 3.05) is 32.8 Å². The van der Waals surface area contributed by atoms with Gasteiger partial charge < -0.3 is 20.5 Å². The number of rotatable bonds is 8. The number of carbonyl (C=O) groups is 3. The molecule has 0 aliphatic carbocycles. The molecule has 0 saturated carbocycles. The number of carboxylic acids is 1. The Balaban J connectivity index is 2.31. The van der Waals surface area contributed by atoms with Crippen molar-refractivity contribution in [2.24, 2.45) is 0 Å². The van der Waals surface area contributed by atoms with Crippen LogP contribution in [0.3, 0.4) is 0 Å². The van der Waals surface area contributed by atoms with Crippen molar-refractivity contribution < 1.29 is 24.2 Å². The molecule has 120 valence electrons. The molecule has 8 heteroatoms. The van der Waals surface area contributed by atoms with E-state index in [2.05, 4.69) is 10.6 Å². The quantitative estimate of drug-likeness (QED) is 0.486. The summed E-state index contributed by atoms with van der Waals surface area (Å²) in [4.78, 5) is 35.5. The highest BCUT2D eigenvalue weighted by atomic mass is 16.5. The first kappa shape index (κ1) is 17.4. The molecule has 0 spiro atoms. The lowest BCUT2D eigenvalue weighted by Crippen LogP contribution is -2.59. The predicted octanol–water partition coefficient (Wildman–Crippen LogP) is -1.20. The summed E-state index contributed by atoms with van der Waals surface area (Å²) in [5.41, 5.74) is 0. The maximum absolute atomic E-state index is 11.8. The van der Waals surface area contributed by atoms with Crippen LogP contribution in [0.15, 0.2) is 0 Å². The first-order valence-corrected chi connectivity index (χ1v) is 7.02. The summed E-state index contributed by atoms with van der Waals surface area (Å²) in [7, 11) is 0. The van der Waals surface area contributed by atoms with E-state index in [1.807, 2.05) is 13.8 Å². The summed E-state index contributed by atoms with van der Waals surface area (Å²) in [5, 5.41) is 14.2. The lowest BCUT2D eigenvalue weighted by Gasteiger charge is -2.31. The summed E-state index contributed by atoms with van der Waals surface area (Å²) >= 11 is 0. The molecule has 0 bridgehead atoms. The van der Waals surface area contributed by atoms with Gasteiger partial charge in [0.15, 0.2) is 0 Å². The lowest BCUT2D eigenvalue weighted by atomic mass is 10.2. The minimum Gasteiger partial charge on any atom is -0.480 e. The van der Waals surface area contributed by atoms with Gasteiger partial charge in [0, 0.05) is 19.7 Å². The van der Waals surface area contributed by atoms with E-state index in [0.29, 0.717) is 19.6 Å². The summed E-state index contributed by atoms with van der Waals surface area (Å²) in [6.45, 7) is 4.73. The summed E-state index contributed by atoms with van der Waals surface area (Å²) in [6, 6.07) is -0.863. The van der Waals surface area contributed by atoms with E-state index >= 15 is 0 Å². The standard InChI is InChI=1S/C13H23N3O5/c1-9(2)21-5-3-4-14-11(17)7-16-8-12(18)15-6-10(16)13(19)20/h9-10H,3-8H2,1-2H3,(H,14,17)(H,15,18)(H,19,20). The minimum atomic E-state index is -1.05. The number of carbonyl (C=O) groups excluding carboxylic acids is 2. The molecule has 8 nitrogen and oxygen atoms in total. The van der Waals surface area contributed by atoms with E-state index in [4.69, 9.17) is 9.84 Å². The Labute approximate surface area is 123 Å². The van der Waals surface area contributed by atoms with Crippen molar-refractivity contribution in [3.05, 3.63) is 0 Å². The zero-order valence-corrected chi connectivity index (χ0v) is 12.4. The van der Waals surface area contributed by atoms with Gasteiger partial charge in [-0.05, 0) is 20.3 Å². The Morgan fingerprint density at radius 3 is 2.86 bits per heavy atom. The maximum atomic E-state index is 11.8. The van der Waals surface area contributed by atoms with Crippen molar-refractivity contribution in [1.82, 2.24) is 15.5 Å². The molecular weight excluding hydrogens is 278 g/mol. The van der Waals surface area contributed by atoms with Gasteiger partial charge >= 0.3 is 5.97 Å². The average Bonchev–Trinajstić information content (AvgIpc) is 2.37. The van der Waals surface area contributed by atoms with Crippen LogP contribution in [-0.4, -0.2) is 72.7 Å². The molecule has 1 fully saturated rings. The fraction of sp³-hybridized carbons (Fsp3) is 0.769. The van der Waals surface area contributed by atoms with Crippen molar-refractivity contribution in [3.63, 3.8) is 0 Å². The van der Waals surface area contributed by atoms with Crippen LogP contribution in [0.5, 0.6) is 0 Å². The SMILES string of the molecule is CC(C)OCCCNC(=O)CN1CC(=O)NCC1C(=O)O. The highest BCUT2D eigenvalue weighted by Gasteiger charge is 2.32. The van der Waals surface area contributed by atoms with Crippen LogP contribution in [0, 0.1) is 0 Å². The van der Waals surface area contributed by atoms with Crippen molar-refractivity contribution in [1.29, 1.82) is 0 Å². The molecule has 1 atom stereocenters. The fourth-order valence-corrected chi connectivity index (χ4v) is 1.96. The van der Waals surface area contributed by atoms with Gasteiger partial charge in [-0.3, -0.25) is 19.3 Å². The number of hydrogen-bond donors (Lipinski definition) is 3. The van der Waals surface area contributed by atoms with E-state index in [9.17, 15) is 14.4 Å². The van der Waals surface area contributed by atoms with E-state index in [1.165, 1.54) is 4.90 Å². The fourth-order valence-electron chi connectivity index (χ4n) is 1.96. The minimum absolute atomic E-state index is 0.0175. The van der Waals surface area contributed by atoms with Crippen LogP contribution in [0.1, 0.15) is 20.3 Å². The number of amides is 2. The molecule has 1 heterocycles. The Morgan fingerprint density at radius 1 is 1.52 bits per heavy atom. The summed E-state index contributed by atoms with van der Waals surface area (Å²) < 4.78 is 5.34. The summed E-state index contributed by atoms with van der Waals surface area (Å²) in [5.74, 6) is -1.61. The van der Waals surface area contributed by atoms with E-state index < -0.39 is 12.0 Å². The monoisotopic (exact) mass is 301 g/mol. The van der Waals surface area contributed by atoms with Crippen LogP contribution in [0.2, 0.25) is 0 Å². The molecule has 1 aliphatic heterocycles. The molecule has 0 aromatic heterocycles. The molecule has 21 heavy (non-hydrogen) atoms. The van der Waals surface area contributed by atoms with Gasteiger partial charge in [0.1, 0.15) is 6.04 Å². The van der Waals surface area contributed by atoms with E-state index in [0.717, 1.165) is 0 Å². The highest BCUT2D eigenvalue weighted by Crippen LogP contribution is 2.03. The first-order valence-electron chi connectivity index (χ1n) is 7.02. The van der Waals surface area contributed by atoms with Crippen LogP contribution in [0.25, 0.3) is 0 Å². The van der Waals surface area contributed by atoms with Gasteiger partial charge in [0.05, 0.1) is 19.2 Å². The van der Waals surface area contributed by atoms with Gasteiger partial charge in [0.2, 0.25) is 11.8 Å². The molecule has 1 rings (SSSR count). The predicted molar refractivity (Wildman–Crippen MR) is 74.7 cm³/mol. The van der Waals surface area contributed by atoms with Crippen LogP contribution in [0.4, 0.5) is 0 Å². The zero-order chi connectivity index (χ0) is 15.8. The van der Waals surface area contributed by atoms with Gasteiger partial charge in [-0.25, -0.2) is 0 Å². The molecule has 2 amide bonds. The average molecular weight is 301 g/mol. The molecule has 1 unspecified atom stereocenters. The Morgan fingerprint density at radius 2 is 2.24 bits per heavy atom. The highest BCUT2D eigenvalue weighted by molar-refractivity contribution is 5.85. The number of hydrogen-bond acceptors (Lipinski definition) is 5. The number of nitrogens with one attached hydrogen (secondary N) is 2. The molecule has 0 aromatic rings. The van der Waals surface area contributed by atoms with E-state index in [-0.39, 0.29) is 37.6 Å². The van der Waals surface area contributed by atoms with Gasteiger partial charge in [0.25, 0.3) is 0 Å². The summed E-state index contributed by atoms with van der Waals surface area (Å²) in [6.07, 6.45) is 0.844. The number of piperazine rings is 1. The van der Waals surface area contributed by atoms with Gasteiger partial charge in [-0.2, -0.15) is 0 Å². The molecule has 1 aliphatic rings. The van der Waals surface area contributed by atoms with Gasteiger partial charge in [-0.1, -0.05) is 0 Å². The Hall–Kier alpha value is -1.67. The molecule has 3 N–H and O–H groups in total. The third-order valence-corrected chi connectivity index (χ3v) is 3.01. The smallest absolute Gasteiger partial charge is 0.322 e. The van der Waals surface area contributed by atoms with Crippen molar-refractivity contribution in [2.45, 2.75) is 32.4 Å². The van der Waals surface area contributed by atoms with Crippen molar-refractivity contribution >= 4 is 17.8 Å². The zero-order valence-electron chi connectivity index (χ0n) is 12.4.